The van der Waals surface area contributed by atoms with Crippen molar-refractivity contribution in [2.45, 2.75) is 25.9 Å². The predicted molar refractivity (Wildman–Crippen MR) is 106 cm³/mol. The van der Waals surface area contributed by atoms with Crippen LogP contribution < -0.4 is 18.9 Å². The molecule has 0 saturated carbocycles. The molecular weight excluding hydrogens is 398 g/mol. The lowest BCUT2D eigenvalue weighted by Crippen LogP contribution is -2.50. The van der Waals surface area contributed by atoms with E-state index in [2.05, 4.69) is 0 Å². The maximum Gasteiger partial charge on any atom is 0.423 e. The first-order chi connectivity index (χ1) is 13.5. The molecule has 9 nitrogen and oxygen atoms in total. The highest BCUT2D eigenvalue weighted by molar-refractivity contribution is 7.91. The molecule has 3 rings (SSSR count). The number of benzene rings is 2. The van der Waals surface area contributed by atoms with Crippen LogP contribution in [-0.2, 0) is 16.6 Å². The van der Waals surface area contributed by atoms with Crippen LogP contribution in [0.15, 0.2) is 48.5 Å². The van der Waals surface area contributed by atoms with E-state index >= 15 is 0 Å². The minimum Gasteiger partial charge on any atom is -0.483 e. The Kier molecular flexibility index (Phi) is 5.24. The normalized spacial score (nSPS) is 14.5. The van der Waals surface area contributed by atoms with Gasteiger partial charge in [0.1, 0.15) is 5.60 Å². The Labute approximate surface area is 168 Å². The van der Waals surface area contributed by atoms with Gasteiger partial charge in [0.2, 0.25) is 0 Å². The highest BCUT2D eigenvalue weighted by Gasteiger charge is 2.35. The second kappa shape index (κ2) is 7.37. The van der Waals surface area contributed by atoms with Gasteiger partial charge in [-0.2, -0.15) is 12.7 Å². The van der Waals surface area contributed by atoms with E-state index in [1.165, 1.54) is 30.3 Å². The van der Waals surface area contributed by atoms with E-state index < -0.39 is 27.9 Å². The summed E-state index contributed by atoms with van der Waals surface area (Å²) in [5.41, 5.74) is 0.402. The number of para-hydroxylation sites is 2. The summed E-state index contributed by atoms with van der Waals surface area (Å²) in [4.78, 5) is 25.8. The third kappa shape index (κ3) is 4.33. The first-order valence-corrected chi connectivity index (χ1v) is 10.2. The molecule has 0 bridgehead atoms. The average Bonchev–Trinajstić information content (AvgIpc) is 2.95. The second-order valence-electron chi connectivity index (χ2n) is 7.14. The molecule has 1 heterocycles. The van der Waals surface area contributed by atoms with E-state index in [4.69, 9.17) is 14.6 Å². The molecule has 29 heavy (non-hydrogen) atoms. The van der Waals surface area contributed by atoms with E-state index in [0.717, 1.165) is 12.6 Å². The first-order valence-electron chi connectivity index (χ1n) is 8.68. The molecule has 0 aromatic heterocycles. The summed E-state index contributed by atoms with van der Waals surface area (Å²) < 4.78 is 35.4. The number of ether oxygens (including phenoxy) is 2. The lowest BCUT2D eigenvalue weighted by atomic mass is 10.0. The van der Waals surface area contributed by atoms with Crippen molar-refractivity contribution in [3.8, 4) is 11.5 Å². The largest absolute Gasteiger partial charge is 0.483 e. The summed E-state index contributed by atoms with van der Waals surface area (Å²) in [6, 6.07) is 11.4. The maximum atomic E-state index is 12.7. The zero-order chi connectivity index (χ0) is 21.4. The number of hydrogen-bond donors (Lipinski definition) is 1. The van der Waals surface area contributed by atoms with Crippen LogP contribution in [0.2, 0.25) is 0 Å². The summed E-state index contributed by atoms with van der Waals surface area (Å²) >= 11 is 0. The van der Waals surface area contributed by atoms with Crippen molar-refractivity contribution < 1.29 is 27.5 Å². The van der Waals surface area contributed by atoms with Crippen LogP contribution in [-0.4, -0.2) is 38.1 Å². The van der Waals surface area contributed by atoms with Gasteiger partial charge in [-0.15, -0.1) is 0 Å². The third-order valence-corrected chi connectivity index (χ3v) is 5.11. The van der Waals surface area contributed by atoms with Gasteiger partial charge in [-0.3, -0.25) is 0 Å². The molecule has 10 heteroatoms. The molecule has 3 amide bonds. The van der Waals surface area contributed by atoms with Crippen LogP contribution >= 0.6 is 0 Å². The van der Waals surface area contributed by atoms with Crippen molar-refractivity contribution in [3.63, 3.8) is 0 Å². The number of imide groups is 1. The molecule has 154 valence electrons. The first kappa shape index (κ1) is 20.6. The standard InChI is InChI=1S/C19H21N3O6S/c1-19(2)12-13-8-7-11-15(16(13)28-19)27-18(24)21(3)17(23)22(29(20,25)26)14-9-5-4-6-10-14/h4-11H,12H2,1-3H3,(H2,20,25,26). The molecule has 0 fully saturated rings. The van der Waals surface area contributed by atoms with Crippen molar-refractivity contribution >= 4 is 28.0 Å². The molecule has 0 aliphatic carbocycles. The number of anilines is 1. The Hall–Kier alpha value is -3.11. The van der Waals surface area contributed by atoms with E-state index in [1.807, 2.05) is 19.9 Å². The number of carbonyl (C=O) groups excluding carboxylic acids is 2. The smallest absolute Gasteiger partial charge is 0.423 e. The zero-order valence-electron chi connectivity index (χ0n) is 16.2. The number of hydrogen-bond acceptors (Lipinski definition) is 6. The SMILES string of the molecule is CN(C(=O)Oc1cccc2c1OC(C)(C)C2)C(=O)N(c1ccccc1)S(N)(=O)=O. The quantitative estimate of drug-likeness (QED) is 0.817. The molecule has 0 atom stereocenters. The van der Waals surface area contributed by atoms with Crippen molar-refractivity contribution in [3.05, 3.63) is 54.1 Å². The summed E-state index contributed by atoms with van der Waals surface area (Å²) in [6.45, 7) is 3.80. The number of urea groups is 1. The topological polar surface area (TPSA) is 119 Å². The number of fused-ring (bicyclic) bond motifs is 1. The molecule has 0 radical (unpaired) electrons. The number of nitrogens with zero attached hydrogens (tertiary/aromatic N) is 2. The highest BCUT2D eigenvalue weighted by atomic mass is 32.2. The lowest BCUT2D eigenvalue weighted by molar-refractivity contribution is 0.130. The second-order valence-corrected chi connectivity index (χ2v) is 8.53. The molecule has 0 unspecified atom stereocenters. The summed E-state index contributed by atoms with van der Waals surface area (Å²) in [6.07, 6.45) is -0.448. The summed E-state index contributed by atoms with van der Waals surface area (Å²) in [7, 11) is -3.39. The van der Waals surface area contributed by atoms with E-state index in [9.17, 15) is 18.0 Å². The molecule has 2 N–H and O–H groups in total. The van der Waals surface area contributed by atoms with Crippen LogP contribution in [0.5, 0.6) is 11.5 Å². The van der Waals surface area contributed by atoms with Gasteiger partial charge in [0, 0.05) is 19.0 Å². The van der Waals surface area contributed by atoms with Crippen LogP contribution in [0.3, 0.4) is 0 Å². The summed E-state index contributed by atoms with van der Waals surface area (Å²) in [5, 5.41) is 5.19. The fourth-order valence-electron chi connectivity index (χ4n) is 2.97. The Morgan fingerprint density at radius 2 is 1.76 bits per heavy atom. The molecule has 2 aromatic carbocycles. The minimum absolute atomic E-state index is 0.00895. The van der Waals surface area contributed by atoms with Gasteiger partial charge < -0.3 is 9.47 Å². The number of carbonyl (C=O) groups is 2. The minimum atomic E-state index is -4.48. The Bertz CT molecular complexity index is 1050. The molecule has 2 aromatic rings. The van der Waals surface area contributed by atoms with Gasteiger partial charge in [-0.1, -0.05) is 30.3 Å². The third-order valence-electron chi connectivity index (χ3n) is 4.23. The van der Waals surface area contributed by atoms with Crippen LogP contribution in [0, 0.1) is 0 Å². The number of amides is 3. The van der Waals surface area contributed by atoms with Gasteiger partial charge >= 0.3 is 22.3 Å². The Morgan fingerprint density at radius 3 is 2.38 bits per heavy atom. The van der Waals surface area contributed by atoms with Crippen molar-refractivity contribution in [2.24, 2.45) is 5.14 Å². The van der Waals surface area contributed by atoms with Crippen molar-refractivity contribution in [1.29, 1.82) is 0 Å². The van der Waals surface area contributed by atoms with E-state index in [0.29, 0.717) is 21.4 Å². The van der Waals surface area contributed by atoms with Gasteiger partial charge in [0.15, 0.2) is 11.5 Å². The molecular formula is C19H21N3O6S. The average molecular weight is 419 g/mol. The maximum absolute atomic E-state index is 12.7. The summed E-state index contributed by atoms with van der Waals surface area (Å²) in [5.74, 6) is 0.553. The van der Waals surface area contributed by atoms with Gasteiger partial charge in [-0.05, 0) is 32.0 Å². The van der Waals surface area contributed by atoms with E-state index in [-0.39, 0.29) is 11.4 Å². The van der Waals surface area contributed by atoms with Crippen LogP contribution in [0.1, 0.15) is 19.4 Å². The van der Waals surface area contributed by atoms with Crippen LogP contribution in [0.25, 0.3) is 0 Å². The monoisotopic (exact) mass is 419 g/mol. The van der Waals surface area contributed by atoms with Gasteiger partial charge in [0.25, 0.3) is 0 Å². The molecule has 0 saturated heterocycles. The fourth-order valence-corrected chi connectivity index (χ4v) is 3.73. The molecule has 0 spiro atoms. The van der Waals surface area contributed by atoms with Gasteiger partial charge in [-0.25, -0.2) is 19.6 Å². The zero-order valence-corrected chi connectivity index (χ0v) is 17.0. The van der Waals surface area contributed by atoms with Crippen LogP contribution in [0.4, 0.5) is 15.3 Å². The Morgan fingerprint density at radius 1 is 1.10 bits per heavy atom. The number of nitrogens with two attached hydrogens (primary N) is 1. The van der Waals surface area contributed by atoms with Crippen molar-refractivity contribution in [1.82, 2.24) is 4.90 Å². The molecule has 1 aliphatic rings. The molecule has 1 aliphatic heterocycles. The van der Waals surface area contributed by atoms with Crippen molar-refractivity contribution in [2.75, 3.05) is 11.4 Å². The van der Waals surface area contributed by atoms with Gasteiger partial charge in [0.05, 0.1) is 5.69 Å². The highest BCUT2D eigenvalue weighted by Crippen LogP contribution is 2.41. The Balaban J connectivity index is 1.84. The van der Waals surface area contributed by atoms with E-state index in [1.54, 1.807) is 12.1 Å². The fraction of sp³-hybridized carbons (Fsp3) is 0.263. The number of rotatable bonds is 3. The lowest BCUT2D eigenvalue weighted by Gasteiger charge is -2.24. The predicted octanol–water partition coefficient (Wildman–Crippen LogP) is 2.66.